The highest BCUT2D eigenvalue weighted by Crippen LogP contribution is 2.22. The van der Waals surface area contributed by atoms with Crippen LogP contribution in [0.3, 0.4) is 0 Å². The van der Waals surface area contributed by atoms with Crippen molar-refractivity contribution >= 4 is 11.6 Å². The van der Waals surface area contributed by atoms with Crippen molar-refractivity contribution in [1.29, 1.82) is 0 Å². The molecule has 1 aromatic carbocycles. The molecular weight excluding hydrogens is 349 g/mol. The number of nitrogens with one attached hydrogen (secondary N) is 1. The maximum absolute atomic E-state index is 13.2. The van der Waals surface area contributed by atoms with Gasteiger partial charge in [0.2, 0.25) is 0 Å². The van der Waals surface area contributed by atoms with Crippen molar-refractivity contribution in [2.75, 3.05) is 39.4 Å². The van der Waals surface area contributed by atoms with Gasteiger partial charge in [0.15, 0.2) is 5.65 Å². The van der Waals surface area contributed by atoms with Gasteiger partial charge in [-0.25, -0.2) is 9.37 Å². The first-order valence-corrected chi connectivity index (χ1v) is 8.89. The molecule has 1 aliphatic rings. The monoisotopic (exact) mass is 369 g/mol. The van der Waals surface area contributed by atoms with E-state index in [-0.39, 0.29) is 11.7 Å². The Hall–Kier alpha value is -2.84. The number of hydrogen-bond acceptors (Lipinski definition) is 5. The van der Waals surface area contributed by atoms with Crippen LogP contribution in [-0.4, -0.2) is 64.6 Å². The number of nitrogens with zero attached hydrogens (tertiary/aromatic N) is 4. The molecule has 140 valence electrons. The van der Waals surface area contributed by atoms with E-state index in [1.807, 2.05) is 0 Å². The standard InChI is InChI=1S/C19H20FN5O2/c20-15-3-1-14(2-4-15)17-18-23-16(13-25(18)8-6-21-17)19(26)22-5-7-24-9-11-27-12-10-24/h1-4,6,8,13H,5,7,9-12H2,(H,22,26). The first-order valence-electron chi connectivity index (χ1n) is 8.89. The van der Waals surface area contributed by atoms with Gasteiger partial charge in [-0.3, -0.25) is 14.7 Å². The molecule has 1 saturated heterocycles. The van der Waals surface area contributed by atoms with Crippen molar-refractivity contribution in [2.24, 2.45) is 0 Å². The lowest BCUT2D eigenvalue weighted by molar-refractivity contribution is 0.0383. The summed E-state index contributed by atoms with van der Waals surface area (Å²) in [5.74, 6) is -0.536. The topological polar surface area (TPSA) is 71.8 Å². The Bertz CT molecular complexity index is 935. The highest BCUT2D eigenvalue weighted by Gasteiger charge is 2.15. The van der Waals surface area contributed by atoms with Crippen LogP contribution in [0.25, 0.3) is 16.9 Å². The number of benzene rings is 1. The molecule has 0 aliphatic carbocycles. The summed E-state index contributed by atoms with van der Waals surface area (Å²) in [4.78, 5) is 23.5. The quantitative estimate of drug-likeness (QED) is 0.740. The molecule has 0 radical (unpaired) electrons. The average molecular weight is 369 g/mol. The van der Waals surface area contributed by atoms with Gasteiger partial charge in [-0.1, -0.05) is 0 Å². The summed E-state index contributed by atoms with van der Waals surface area (Å²) in [5, 5.41) is 2.91. The lowest BCUT2D eigenvalue weighted by Gasteiger charge is -2.26. The molecule has 0 saturated carbocycles. The highest BCUT2D eigenvalue weighted by molar-refractivity contribution is 5.93. The Balaban J connectivity index is 1.48. The highest BCUT2D eigenvalue weighted by atomic mass is 19.1. The van der Waals surface area contributed by atoms with Crippen LogP contribution in [0.2, 0.25) is 0 Å². The first kappa shape index (κ1) is 17.6. The third-order valence-electron chi connectivity index (χ3n) is 4.54. The maximum atomic E-state index is 13.2. The number of amides is 1. The summed E-state index contributed by atoms with van der Waals surface area (Å²) in [5.41, 5.74) is 2.23. The fourth-order valence-electron chi connectivity index (χ4n) is 3.08. The summed E-state index contributed by atoms with van der Waals surface area (Å²) in [6.07, 6.45) is 5.04. The summed E-state index contributed by atoms with van der Waals surface area (Å²) >= 11 is 0. The van der Waals surface area contributed by atoms with E-state index in [0.29, 0.717) is 23.6 Å². The van der Waals surface area contributed by atoms with Crippen LogP contribution in [0, 0.1) is 5.82 Å². The first-order chi connectivity index (χ1) is 13.2. The molecule has 0 atom stereocenters. The minimum atomic E-state index is -0.311. The molecule has 1 fully saturated rings. The number of aromatic nitrogens is 3. The number of imidazole rings is 1. The predicted octanol–water partition coefficient (Wildman–Crippen LogP) is 1.60. The Kier molecular flexibility index (Phi) is 5.08. The van der Waals surface area contributed by atoms with Crippen molar-refractivity contribution < 1.29 is 13.9 Å². The average Bonchev–Trinajstić information content (AvgIpc) is 3.14. The largest absolute Gasteiger partial charge is 0.379 e. The third-order valence-corrected chi connectivity index (χ3v) is 4.54. The molecule has 2 aromatic heterocycles. The molecule has 1 amide bonds. The van der Waals surface area contributed by atoms with Crippen LogP contribution in [0.5, 0.6) is 0 Å². The van der Waals surface area contributed by atoms with Crippen molar-refractivity contribution in [2.45, 2.75) is 0 Å². The van der Waals surface area contributed by atoms with Crippen LogP contribution in [0.1, 0.15) is 10.5 Å². The van der Waals surface area contributed by atoms with Crippen LogP contribution >= 0.6 is 0 Å². The van der Waals surface area contributed by atoms with Crippen molar-refractivity contribution in [3.8, 4) is 11.3 Å². The molecule has 0 spiro atoms. The molecular formula is C19H20FN5O2. The lowest BCUT2D eigenvalue weighted by Crippen LogP contribution is -2.41. The minimum Gasteiger partial charge on any atom is -0.379 e. The number of carbonyl (C=O) groups is 1. The smallest absolute Gasteiger partial charge is 0.271 e. The molecule has 27 heavy (non-hydrogen) atoms. The number of halogens is 1. The Morgan fingerprint density at radius 3 is 2.78 bits per heavy atom. The van der Waals surface area contributed by atoms with E-state index in [1.54, 1.807) is 35.1 Å². The molecule has 0 unspecified atom stereocenters. The SMILES string of the molecule is O=C(NCCN1CCOCC1)c1cn2ccnc(-c3ccc(F)cc3)c2n1. The molecule has 1 N–H and O–H groups in total. The van der Waals surface area contributed by atoms with E-state index in [4.69, 9.17) is 4.74 Å². The summed E-state index contributed by atoms with van der Waals surface area (Å²) in [6.45, 7) is 4.58. The van der Waals surface area contributed by atoms with E-state index in [0.717, 1.165) is 38.4 Å². The van der Waals surface area contributed by atoms with Gasteiger partial charge in [-0.05, 0) is 24.3 Å². The Morgan fingerprint density at radius 1 is 1.22 bits per heavy atom. The zero-order chi connectivity index (χ0) is 18.6. The number of carbonyl (C=O) groups excluding carboxylic acids is 1. The second-order valence-electron chi connectivity index (χ2n) is 6.35. The third kappa shape index (κ3) is 3.96. The van der Waals surface area contributed by atoms with Crippen molar-refractivity contribution in [3.63, 3.8) is 0 Å². The number of fused-ring (bicyclic) bond motifs is 1. The van der Waals surface area contributed by atoms with Crippen molar-refractivity contribution in [3.05, 3.63) is 54.4 Å². The normalized spacial score (nSPS) is 15.1. The van der Waals surface area contributed by atoms with Gasteiger partial charge in [0.1, 0.15) is 17.2 Å². The molecule has 3 aromatic rings. The lowest BCUT2D eigenvalue weighted by atomic mass is 10.1. The van der Waals surface area contributed by atoms with Gasteiger partial charge in [0.05, 0.1) is 13.2 Å². The van der Waals surface area contributed by atoms with Crippen LogP contribution in [0.15, 0.2) is 42.9 Å². The molecule has 8 heteroatoms. The second-order valence-corrected chi connectivity index (χ2v) is 6.35. The minimum absolute atomic E-state index is 0.225. The van der Waals surface area contributed by atoms with Gasteiger partial charge in [0.25, 0.3) is 5.91 Å². The van der Waals surface area contributed by atoms with Crippen molar-refractivity contribution in [1.82, 2.24) is 24.6 Å². The second kappa shape index (κ2) is 7.81. The number of hydrogen-bond donors (Lipinski definition) is 1. The summed E-state index contributed by atoms with van der Waals surface area (Å²) in [6, 6.07) is 6.05. The van der Waals surface area contributed by atoms with Gasteiger partial charge in [-0.15, -0.1) is 0 Å². The number of ether oxygens (including phenoxy) is 1. The Morgan fingerprint density at radius 2 is 2.00 bits per heavy atom. The Labute approximate surface area is 155 Å². The van der Waals surface area contributed by atoms with Gasteiger partial charge < -0.3 is 14.5 Å². The fourth-order valence-corrected chi connectivity index (χ4v) is 3.08. The predicted molar refractivity (Wildman–Crippen MR) is 98.0 cm³/mol. The zero-order valence-electron chi connectivity index (χ0n) is 14.8. The molecule has 4 rings (SSSR count). The van der Waals surface area contributed by atoms with Crippen LogP contribution in [-0.2, 0) is 4.74 Å². The van der Waals surface area contributed by atoms with Crippen LogP contribution < -0.4 is 5.32 Å². The maximum Gasteiger partial charge on any atom is 0.271 e. The molecule has 3 heterocycles. The van der Waals surface area contributed by atoms with E-state index >= 15 is 0 Å². The van der Waals surface area contributed by atoms with E-state index in [9.17, 15) is 9.18 Å². The number of morpholine rings is 1. The summed E-state index contributed by atoms with van der Waals surface area (Å²) < 4.78 is 20.2. The fraction of sp³-hybridized carbons (Fsp3) is 0.316. The number of rotatable bonds is 5. The van der Waals surface area contributed by atoms with E-state index in [2.05, 4.69) is 20.2 Å². The summed E-state index contributed by atoms with van der Waals surface area (Å²) in [7, 11) is 0. The molecule has 1 aliphatic heterocycles. The zero-order valence-corrected chi connectivity index (χ0v) is 14.8. The van der Waals surface area contributed by atoms with E-state index in [1.165, 1.54) is 12.1 Å². The van der Waals surface area contributed by atoms with E-state index < -0.39 is 0 Å². The molecule has 0 bridgehead atoms. The van der Waals surface area contributed by atoms with Gasteiger partial charge in [-0.2, -0.15) is 0 Å². The molecule has 7 nitrogen and oxygen atoms in total. The van der Waals surface area contributed by atoms with Gasteiger partial charge >= 0.3 is 0 Å². The van der Waals surface area contributed by atoms with Crippen LogP contribution in [0.4, 0.5) is 4.39 Å². The van der Waals surface area contributed by atoms with Gasteiger partial charge in [0, 0.05) is 50.3 Å².